The number of phenolic OH excluding ortho intramolecular Hbond substituents is 1. The summed E-state index contributed by atoms with van der Waals surface area (Å²) in [6.45, 7) is 0. The molecular weight excluding hydrogens is 215 g/mol. The van der Waals surface area contributed by atoms with Crippen LogP contribution in [0.1, 0.15) is 5.56 Å². The summed E-state index contributed by atoms with van der Waals surface area (Å²) in [6.07, 6.45) is -4.57. The minimum atomic E-state index is -4.57. The van der Waals surface area contributed by atoms with Gasteiger partial charge in [-0.15, -0.1) is 0 Å². The molecule has 0 atom stereocenters. The highest BCUT2D eigenvalue weighted by molar-refractivity contribution is 7.78. The Balaban J connectivity index is 3.37. The van der Waals surface area contributed by atoms with E-state index < -0.39 is 17.5 Å². The molecule has 0 aromatic heterocycles. The number of benzene rings is 1. The molecule has 0 fully saturated rings. The fraction of sp³-hybridized carbons (Fsp3) is 0.125. The molecule has 6 heteroatoms. The Morgan fingerprint density at radius 2 is 2.00 bits per heavy atom. The normalized spacial score (nSPS) is 10.8. The van der Waals surface area contributed by atoms with E-state index >= 15 is 0 Å². The Morgan fingerprint density at radius 1 is 1.36 bits per heavy atom. The monoisotopic (exact) mass is 219 g/mol. The molecule has 0 saturated heterocycles. The second-order valence-corrected chi connectivity index (χ2v) is 2.58. The summed E-state index contributed by atoms with van der Waals surface area (Å²) in [5.41, 5.74) is -1.39. The zero-order chi connectivity index (χ0) is 10.8. The van der Waals surface area contributed by atoms with Gasteiger partial charge in [0.1, 0.15) is 5.75 Å². The minimum Gasteiger partial charge on any atom is -0.508 e. The number of halogens is 3. The van der Waals surface area contributed by atoms with Crippen LogP contribution in [-0.4, -0.2) is 10.3 Å². The number of alkyl halides is 3. The average Bonchev–Trinajstić information content (AvgIpc) is 2.07. The van der Waals surface area contributed by atoms with Crippen LogP contribution in [0.25, 0.3) is 0 Å². The number of aliphatic imine (C=N–C) groups is 1. The van der Waals surface area contributed by atoms with Gasteiger partial charge >= 0.3 is 6.18 Å². The van der Waals surface area contributed by atoms with Crippen molar-refractivity contribution >= 4 is 23.1 Å². The number of hydrogen-bond acceptors (Lipinski definition) is 3. The Hall–Kier alpha value is -1.39. The van der Waals surface area contributed by atoms with Crippen LogP contribution in [0.5, 0.6) is 5.75 Å². The Bertz CT molecular complexity index is 396. The number of rotatable bonds is 1. The third-order valence-corrected chi connectivity index (χ3v) is 1.54. The van der Waals surface area contributed by atoms with Gasteiger partial charge in [0.15, 0.2) is 0 Å². The third-order valence-electron chi connectivity index (χ3n) is 1.45. The van der Waals surface area contributed by atoms with E-state index in [2.05, 4.69) is 17.2 Å². The Morgan fingerprint density at radius 3 is 2.50 bits per heavy atom. The first kappa shape index (κ1) is 10.7. The molecule has 0 aliphatic rings. The molecular formula is C8H4F3NOS. The largest absolute Gasteiger partial charge is 0.508 e. The lowest BCUT2D eigenvalue weighted by atomic mass is 10.1. The van der Waals surface area contributed by atoms with Crippen LogP contribution in [0.15, 0.2) is 23.2 Å². The predicted molar refractivity (Wildman–Crippen MR) is 47.8 cm³/mol. The molecule has 1 aromatic carbocycles. The molecule has 0 unspecified atom stereocenters. The number of isothiocyanates is 1. The van der Waals surface area contributed by atoms with Crippen molar-refractivity contribution in [1.82, 2.24) is 0 Å². The van der Waals surface area contributed by atoms with Gasteiger partial charge in [-0.05, 0) is 30.4 Å². The number of aromatic hydroxyl groups is 1. The lowest BCUT2D eigenvalue weighted by molar-refractivity contribution is -0.137. The first-order chi connectivity index (χ1) is 6.45. The zero-order valence-electron chi connectivity index (χ0n) is 6.67. The van der Waals surface area contributed by atoms with Crippen LogP contribution in [0, 0.1) is 0 Å². The van der Waals surface area contributed by atoms with Crippen molar-refractivity contribution in [2.45, 2.75) is 6.18 Å². The van der Waals surface area contributed by atoms with Crippen molar-refractivity contribution in [3.8, 4) is 5.75 Å². The van der Waals surface area contributed by atoms with E-state index in [1.807, 2.05) is 5.16 Å². The summed E-state index contributed by atoms with van der Waals surface area (Å²) in [6, 6.07) is 2.71. The van der Waals surface area contributed by atoms with Gasteiger partial charge in [0, 0.05) is 0 Å². The molecule has 0 aliphatic heterocycles. The maximum Gasteiger partial charge on any atom is 0.418 e. The lowest BCUT2D eigenvalue weighted by Gasteiger charge is -2.08. The van der Waals surface area contributed by atoms with Crippen molar-refractivity contribution in [3.63, 3.8) is 0 Å². The van der Waals surface area contributed by atoms with Crippen LogP contribution in [-0.2, 0) is 6.18 Å². The quantitative estimate of drug-likeness (QED) is 0.581. The second-order valence-electron chi connectivity index (χ2n) is 2.40. The van der Waals surface area contributed by atoms with Gasteiger partial charge in [-0.1, -0.05) is 0 Å². The first-order valence-electron chi connectivity index (χ1n) is 3.43. The summed E-state index contributed by atoms with van der Waals surface area (Å²) in [5.74, 6) is -0.472. The smallest absolute Gasteiger partial charge is 0.418 e. The highest BCUT2D eigenvalue weighted by Gasteiger charge is 2.33. The first-order valence-corrected chi connectivity index (χ1v) is 3.84. The molecule has 1 rings (SSSR count). The second kappa shape index (κ2) is 3.77. The van der Waals surface area contributed by atoms with E-state index in [0.717, 1.165) is 12.1 Å². The predicted octanol–water partition coefficient (Wildman–Crippen LogP) is 3.15. The Labute approximate surface area is 82.7 Å². The van der Waals surface area contributed by atoms with E-state index in [-0.39, 0.29) is 5.69 Å². The van der Waals surface area contributed by atoms with Crippen LogP contribution in [0.3, 0.4) is 0 Å². The third kappa shape index (κ3) is 2.31. The molecule has 0 spiro atoms. The summed E-state index contributed by atoms with van der Waals surface area (Å²) < 4.78 is 37.0. The van der Waals surface area contributed by atoms with Crippen molar-refractivity contribution in [3.05, 3.63) is 23.8 Å². The molecule has 0 aliphatic carbocycles. The SMILES string of the molecule is Oc1ccc(N=C=S)c(C(F)(F)F)c1. The lowest BCUT2D eigenvalue weighted by Crippen LogP contribution is -2.04. The van der Waals surface area contributed by atoms with Gasteiger partial charge < -0.3 is 5.11 Å². The van der Waals surface area contributed by atoms with Crippen LogP contribution >= 0.6 is 12.2 Å². The molecule has 0 heterocycles. The van der Waals surface area contributed by atoms with Crippen LogP contribution in [0.2, 0.25) is 0 Å². The number of phenols is 1. The van der Waals surface area contributed by atoms with Crippen molar-refractivity contribution in [2.75, 3.05) is 0 Å². The van der Waals surface area contributed by atoms with Crippen molar-refractivity contribution < 1.29 is 18.3 Å². The maximum atomic E-state index is 12.3. The van der Waals surface area contributed by atoms with Crippen LogP contribution < -0.4 is 0 Å². The minimum absolute atomic E-state index is 0.356. The highest BCUT2D eigenvalue weighted by Crippen LogP contribution is 2.37. The molecule has 1 aromatic rings. The molecule has 0 amide bonds. The van der Waals surface area contributed by atoms with Gasteiger partial charge in [-0.3, -0.25) is 0 Å². The van der Waals surface area contributed by atoms with Gasteiger partial charge in [0.25, 0.3) is 0 Å². The fourth-order valence-corrected chi connectivity index (χ4v) is 0.996. The molecule has 14 heavy (non-hydrogen) atoms. The molecule has 2 nitrogen and oxygen atoms in total. The number of hydrogen-bond donors (Lipinski definition) is 1. The molecule has 1 N–H and O–H groups in total. The average molecular weight is 219 g/mol. The zero-order valence-corrected chi connectivity index (χ0v) is 7.49. The summed E-state index contributed by atoms with van der Waals surface area (Å²) in [7, 11) is 0. The summed E-state index contributed by atoms with van der Waals surface area (Å²) in [5, 5.41) is 10.7. The number of thiocarbonyl (C=S) groups is 1. The van der Waals surface area contributed by atoms with Gasteiger partial charge in [0.05, 0.1) is 16.4 Å². The summed E-state index contributed by atoms with van der Waals surface area (Å²) >= 11 is 4.20. The van der Waals surface area contributed by atoms with E-state index in [1.165, 1.54) is 0 Å². The molecule has 74 valence electrons. The molecule has 0 bridgehead atoms. The van der Waals surface area contributed by atoms with Gasteiger partial charge in [0.2, 0.25) is 0 Å². The molecule has 0 radical (unpaired) electrons. The van der Waals surface area contributed by atoms with Gasteiger partial charge in [-0.25, -0.2) is 0 Å². The van der Waals surface area contributed by atoms with Crippen LogP contribution in [0.4, 0.5) is 18.9 Å². The fourth-order valence-electron chi connectivity index (χ4n) is 0.898. The summed E-state index contributed by atoms with van der Waals surface area (Å²) in [4.78, 5) is 3.25. The van der Waals surface area contributed by atoms with E-state index in [4.69, 9.17) is 5.11 Å². The van der Waals surface area contributed by atoms with E-state index in [0.29, 0.717) is 6.07 Å². The standard InChI is InChI=1S/C8H4F3NOS/c9-8(10,11)6-3-5(13)1-2-7(6)12-4-14/h1-3,13H. The maximum absolute atomic E-state index is 12.3. The van der Waals surface area contributed by atoms with Crippen molar-refractivity contribution in [2.24, 2.45) is 4.99 Å². The van der Waals surface area contributed by atoms with Gasteiger partial charge in [-0.2, -0.15) is 18.2 Å². The number of nitrogens with zero attached hydrogens (tertiary/aromatic N) is 1. The van der Waals surface area contributed by atoms with E-state index in [9.17, 15) is 13.2 Å². The molecule has 0 saturated carbocycles. The van der Waals surface area contributed by atoms with E-state index in [1.54, 1.807) is 0 Å². The van der Waals surface area contributed by atoms with Crippen molar-refractivity contribution in [1.29, 1.82) is 0 Å². The topological polar surface area (TPSA) is 32.6 Å². The Kier molecular flexibility index (Phi) is 2.88. The highest BCUT2D eigenvalue weighted by atomic mass is 32.1.